The summed E-state index contributed by atoms with van der Waals surface area (Å²) in [6, 6.07) is 8.06. The first-order valence-corrected chi connectivity index (χ1v) is 5.18. The van der Waals surface area contributed by atoms with Gasteiger partial charge in [-0.05, 0) is 37.0 Å². The van der Waals surface area contributed by atoms with E-state index in [9.17, 15) is 0 Å². The zero-order valence-corrected chi connectivity index (χ0v) is 10.2. The molecule has 0 aliphatic carbocycles. The Morgan fingerprint density at radius 1 is 1.07 bits per heavy atom. The van der Waals surface area contributed by atoms with Gasteiger partial charge in [0, 0.05) is 0 Å². The molecule has 1 aromatic rings. The molecule has 0 spiro atoms. The second-order valence-electron chi connectivity index (χ2n) is 4.90. The van der Waals surface area contributed by atoms with Crippen molar-refractivity contribution in [1.29, 1.82) is 0 Å². The third-order valence-corrected chi connectivity index (χ3v) is 2.05. The van der Waals surface area contributed by atoms with E-state index in [-0.39, 0.29) is 5.41 Å². The Bertz CT molecular complexity index is 340. The molecule has 2 heteroatoms. The molecule has 82 valence electrons. The summed E-state index contributed by atoms with van der Waals surface area (Å²) in [5.74, 6) is 0.782. The van der Waals surface area contributed by atoms with Crippen molar-refractivity contribution in [3.63, 3.8) is 0 Å². The molecule has 2 nitrogen and oxygen atoms in total. The highest BCUT2D eigenvalue weighted by atomic mass is 16.6. The molecule has 0 heterocycles. The summed E-state index contributed by atoms with van der Waals surface area (Å²) in [5, 5.41) is 3.90. The molecule has 0 saturated carbocycles. The molecule has 0 bridgehead atoms. The predicted octanol–water partition coefficient (Wildman–Crippen LogP) is 3.76. The van der Waals surface area contributed by atoms with Crippen molar-refractivity contribution < 1.29 is 4.84 Å². The second-order valence-corrected chi connectivity index (χ2v) is 4.90. The maximum atomic E-state index is 5.22. The zero-order valence-electron chi connectivity index (χ0n) is 10.2. The van der Waals surface area contributed by atoms with Crippen LogP contribution in [0.5, 0.6) is 5.75 Å². The first-order chi connectivity index (χ1) is 6.89. The van der Waals surface area contributed by atoms with Crippen LogP contribution >= 0.6 is 0 Å². The third kappa shape index (κ3) is 3.74. The Hall–Kier alpha value is -1.31. The van der Waals surface area contributed by atoms with Crippen molar-refractivity contribution in [3.8, 4) is 5.75 Å². The van der Waals surface area contributed by atoms with E-state index in [0.717, 1.165) is 11.5 Å². The normalized spacial score (nSPS) is 11.0. The number of rotatable bonds is 2. The molecule has 0 atom stereocenters. The molecule has 0 fully saturated rings. The lowest BCUT2D eigenvalue weighted by Gasteiger charge is -2.18. The summed E-state index contributed by atoms with van der Waals surface area (Å²) in [7, 11) is 0. The van der Waals surface area contributed by atoms with Gasteiger partial charge in [-0.2, -0.15) is 0 Å². The Morgan fingerprint density at radius 3 is 2.00 bits per heavy atom. The van der Waals surface area contributed by atoms with Crippen LogP contribution in [0.1, 0.15) is 40.2 Å². The Balaban J connectivity index is 2.77. The van der Waals surface area contributed by atoms with Gasteiger partial charge in [-0.25, -0.2) is 0 Å². The Kier molecular flexibility index (Phi) is 3.51. The molecule has 1 rings (SSSR count). The minimum Gasteiger partial charge on any atom is -0.357 e. The van der Waals surface area contributed by atoms with Crippen LogP contribution in [0, 0.1) is 0 Å². The van der Waals surface area contributed by atoms with Crippen molar-refractivity contribution >= 4 is 5.71 Å². The summed E-state index contributed by atoms with van der Waals surface area (Å²) in [6.45, 7) is 10.4. The smallest absolute Gasteiger partial charge is 0.157 e. The van der Waals surface area contributed by atoms with Gasteiger partial charge < -0.3 is 4.84 Å². The molecule has 0 unspecified atom stereocenters. The minimum atomic E-state index is 0.183. The Labute approximate surface area is 91.9 Å². The third-order valence-electron chi connectivity index (χ3n) is 2.05. The highest BCUT2D eigenvalue weighted by Gasteiger charge is 2.12. The first-order valence-electron chi connectivity index (χ1n) is 5.18. The predicted molar refractivity (Wildman–Crippen MR) is 64.6 cm³/mol. The lowest BCUT2D eigenvalue weighted by Crippen LogP contribution is -2.10. The number of nitrogens with zero attached hydrogens (tertiary/aromatic N) is 1. The molecule has 15 heavy (non-hydrogen) atoms. The fourth-order valence-electron chi connectivity index (χ4n) is 1.16. The van der Waals surface area contributed by atoms with Crippen LogP contribution in [0.3, 0.4) is 0 Å². The zero-order chi connectivity index (χ0) is 11.5. The summed E-state index contributed by atoms with van der Waals surface area (Å²) in [4.78, 5) is 5.22. The van der Waals surface area contributed by atoms with E-state index < -0.39 is 0 Å². The van der Waals surface area contributed by atoms with Crippen LogP contribution in [0.4, 0.5) is 0 Å². The van der Waals surface area contributed by atoms with Gasteiger partial charge in [-0.15, -0.1) is 0 Å². The van der Waals surface area contributed by atoms with Gasteiger partial charge in [-0.1, -0.05) is 38.1 Å². The largest absolute Gasteiger partial charge is 0.357 e. The molecule has 0 amide bonds. The second kappa shape index (κ2) is 4.47. The number of hydrogen-bond donors (Lipinski definition) is 0. The first kappa shape index (κ1) is 11.8. The van der Waals surface area contributed by atoms with Crippen molar-refractivity contribution in [2.45, 2.75) is 40.0 Å². The molecule has 1 aromatic carbocycles. The standard InChI is InChI=1S/C13H19NO/c1-10(2)14-15-12-8-6-11(7-9-12)13(3,4)5/h6-9H,1-5H3. The van der Waals surface area contributed by atoms with Crippen LogP contribution in [-0.4, -0.2) is 5.71 Å². The fourth-order valence-corrected chi connectivity index (χ4v) is 1.16. The van der Waals surface area contributed by atoms with Crippen molar-refractivity contribution in [1.82, 2.24) is 0 Å². The van der Waals surface area contributed by atoms with Crippen LogP contribution in [-0.2, 0) is 5.41 Å². The van der Waals surface area contributed by atoms with E-state index in [2.05, 4.69) is 38.1 Å². The van der Waals surface area contributed by atoms with Gasteiger partial charge in [0.05, 0.1) is 5.71 Å². The molecule has 0 aliphatic rings. The van der Waals surface area contributed by atoms with Gasteiger partial charge in [0.1, 0.15) is 0 Å². The SMILES string of the molecule is CC(C)=NOc1ccc(C(C)(C)C)cc1. The van der Waals surface area contributed by atoms with Crippen LogP contribution in [0.2, 0.25) is 0 Å². The van der Waals surface area contributed by atoms with E-state index in [1.54, 1.807) is 0 Å². The average Bonchev–Trinajstić information content (AvgIpc) is 2.14. The van der Waals surface area contributed by atoms with Crippen molar-refractivity contribution in [3.05, 3.63) is 29.8 Å². The van der Waals surface area contributed by atoms with Gasteiger partial charge in [0.15, 0.2) is 5.75 Å². The van der Waals surface area contributed by atoms with E-state index >= 15 is 0 Å². The summed E-state index contributed by atoms with van der Waals surface area (Å²) < 4.78 is 0. The van der Waals surface area contributed by atoms with Gasteiger partial charge >= 0.3 is 0 Å². The van der Waals surface area contributed by atoms with E-state index in [1.165, 1.54) is 5.56 Å². The molecule has 0 radical (unpaired) electrons. The van der Waals surface area contributed by atoms with Crippen molar-refractivity contribution in [2.75, 3.05) is 0 Å². The maximum absolute atomic E-state index is 5.22. The summed E-state index contributed by atoms with van der Waals surface area (Å²) in [5.41, 5.74) is 2.39. The van der Waals surface area contributed by atoms with E-state index in [4.69, 9.17) is 4.84 Å². The minimum absolute atomic E-state index is 0.183. The molecule has 0 aromatic heterocycles. The summed E-state index contributed by atoms with van der Waals surface area (Å²) in [6.07, 6.45) is 0. The molecule has 0 N–H and O–H groups in total. The lowest BCUT2D eigenvalue weighted by atomic mass is 9.87. The summed E-state index contributed by atoms with van der Waals surface area (Å²) >= 11 is 0. The maximum Gasteiger partial charge on any atom is 0.157 e. The monoisotopic (exact) mass is 205 g/mol. The average molecular weight is 205 g/mol. The molecular weight excluding hydrogens is 186 g/mol. The number of benzene rings is 1. The van der Waals surface area contributed by atoms with Crippen LogP contribution < -0.4 is 4.84 Å². The topological polar surface area (TPSA) is 21.6 Å². The van der Waals surface area contributed by atoms with Gasteiger partial charge in [0.2, 0.25) is 0 Å². The molecule has 0 saturated heterocycles. The lowest BCUT2D eigenvalue weighted by molar-refractivity contribution is 0.340. The fraction of sp³-hybridized carbons (Fsp3) is 0.462. The van der Waals surface area contributed by atoms with E-state index in [0.29, 0.717) is 0 Å². The number of oxime groups is 1. The van der Waals surface area contributed by atoms with Crippen LogP contribution in [0.15, 0.2) is 29.4 Å². The van der Waals surface area contributed by atoms with Gasteiger partial charge in [-0.3, -0.25) is 0 Å². The Morgan fingerprint density at radius 2 is 1.60 bits per heavy atom. The number of hydrogen-bond acceptors (Lipinski definition) is 2. The quantitative estimate of drug-likeness (QED) is 0.532. The highest BCUT2D eigenvalue weighted by Crippen LogP contribution is 2.24. The van der Waals surface area contributed by atoms with Crippen molar-refractivity contribution in [2.24, 2.45) is 5.16 Å². The van der Waals surface area contributed by atoms with Gasteiger partial charge in [0.25, 0.3) is 0 Å². The molecule has 0 aliphatic heterocycles. The highest BCUT2D eigenvalue weighted by molar-refractivity contribution is 5.78. The molecular formula is C13H19NO. The van der Waals surface area contributed by atoms with E-state index in [1.807, 2.05) is 26.0 Å². The van der Waals surface area contributed by atoms with Crippen LogP contribution in [0.25, 0.3) is 0 Å².